The maximum absolute atomic E-state index is 13.9. The third-order valence-corrected chi connectivity index (χ3v) is 4.57. The van der Waals surface area contributed by atoms with Gasteiger partial charge >= 0.3 is 0 Å². The monoisotopic (exact) mass is 330 g/mol. The number of benzene rings is 2. The second kappa shape index (κ2) is 8.38. The maximum Gasteiger partial charge on any atom is 0.132 e. The Bertz CT molecular complexity index is 549. The van der Waals surface area contributed by atoms with Crippen molar-refractivity contribution in [1.82, 2.24) is 0 Å². The van der Waals surface area contributed by atoms with Crippen LogP contribution in [0, 0.1) is 11.8 Å². The molecule has 0 bridgehead atoms. The highest BCUT2D eigenvalue weighted by Crippen LogP contribution is 2.38. The van der Waals surface area contributed by atoms with E-state index >= 15 is 0 Å². The first-order valence-corrected chi connectivity index (χ1v) is 8.31. The molecule has 0 saturated heterocycles. The number of aliphatic hydroxyl groups excluding tert-OH is 1. The zero-order valence-electron chi connectivity index (χ0n) is 13.6. The molecule has 0 aliphatic heterocycles. The Balaban J connectivity index is 1.42. The van der Waals surface area contributed by atoms with E-state index in [4.69, 9.17) is 9.47 Å². The van der Waals surface area contributed by atoms with Crippen molar-refractivity contribution in [2.75, 3.05) is 13.2 Å². The lowest BCUT2D eigenvalue weighted by molar-refractivity contribution is -0.163. The van der Waals surface area contributed by atoms with Crippen molar-refractivity contribution < 1.29 is 19.0 Å². The van der Waals surface area contributed by atoms with Gasteiger partial charge in [0.25, 0.3) is 0 Å². The number of rotatable bonds is 8. The summed E-state index contributed by atoms with van der Waals surface area (Å²) >= 11 is 0. The van der Waals surface area contributed by atoms with Gasteiger partial charge in [0.2, 0.25) is 0 Å². The van der Waals surface area contributed by atoms with Crippen LogP contribution in [0.2, 0.25) is 0 Å². The van der Waals surface area contributed by atoms with Crippen LogP contribution in [0.5, 0.6) is 0 Å². The molecular weight excluding hydrogens is 307 g/mol. The fourth-order valence-electron chi connectivity index (χ4n) is 3.05. The van der Waals surface area contributed by atoms with Crippen molar-refractivity contribution in [1.29, 1.82) is 0 Å². The van der Waals surface area contributed by atoms with Gasteiger partial charge in [-0.15, -0.1) is 0 Å². The molecule has 2 aromatic rings. The van der Waals surface area contributed by atoms with E-state index in [-0.39, 0.29) is 11.8 Å². The highest BCUT2D eigenvalue weighted by molar-refractivity contribution is 5.14. The van der Waals surface area contributed by atoms with Crippen LogP contribution < -0.4 is 0 Å². The van der Waals surface area contributed by atoms with E-state index in [1.807, 2.05) is 60.7 Å². The zero-order chi connectivity index (χ0) is 16.8. The van der Waals surface area contributed by atoms with Crippen molar-refractivity contribution in [3.05, 3.63) is 71.8 Å². The molecule has 0 amide bonds. The summed E-state index contributed by atoms with van der Waals surface area (Å²) in [4.78, 5) is 0. The Labute approximate surface area is 142 Å². The second-order valence-electron chi connectivity index (χ2n) is 6.26. The lowest BCUT2D eigenvalue weighted by atomic mass is 9.70. The molecule has 0 spiro atoms. The molecule has 1 fully saturated rings. The Hall–Kier alpha value is -1.75. The average Bonchev–Trinajstić information content (AvgIpc) is 2.64. The summed E-state index contributed by atoms with van der Waals surface area (Å²) in [6.07, 6.45) is -2.18. The van der Waals surface area contributed by atoms with Crippen molar-refractivity contribution in [2.45, 2.75) is 25.5 Å². The van der Waals surface area contributed by atoms with Crippen LogP contribution in [-0.2, 0) is 22.7 Å². The van der Waals surface area contributed by atoms with E-state index in [1.54, 1.807) is 0 Å². The first-order valence-electron chi connectivity index (χ1n) is 8.31. The molecule has 1 aliphatic carbocycles. The molecule has 3 rings (SSSR count). The number of ether oxygens (including phenoxy) is 2. The van der Waals surface area contributed by atoms with Crippen LogP contribution in [0.3, 0.4) is 0 Å². The quantitative estimate of drug-likeness (QED) is 0.806. The molecule has 4 atom stereocenters. The summed E-state index contributed by atoms with van der Waals surface area (Å²) in [5.74, 6) is -0.515. The molecule has 1 N–H and O–H groups in total. The molecule has 4 unspecified atom stereocenters. The van der Waals surface area contributed by atoms with E-state index in [1.165, 1.54) is 0 Å². The second-order valence-corrected chi connectivity index (χ2v) is 6.26. The number of aliphatic hydroxyl groups is 1. The Morgan fingerprint density at radius 3 is 1.71 bits per heavy atom. The molecule has 0 heterocycles. The van der Waals surface area contributed by atoms with Gasteiger partial charge in [-0.2, -0.15) is 0 Å². The molecule has 2 aromatic carbocycles. The van der Waals surface area contributed by atoms with Gasteiger partial charge in [-0.25, -0.2) is 4.39 Å². The van der Waals surface area contributed by atoms with Crippen LogP contribution in [0.4, 0.5) is 4.39 Å². The average molecular weight is 330 g/mol. The molecule has 4 heteroatoms. The SMILES string of the molecule is OC1C(F)C(COCc2ccccc2)C1COCc1ccccc1. The number of halogens is 1. The number of hydrogen-bond donors (Lipinski definition) is 1. The molecule has 0 aromatic heterocycles. The van der Waals surface area contributed by atoms with Gasteiger partial charge < -0.3 is 14.6 Å². The predicted octanol–water partition coefficient (Wildman–Crippen LogP) is 3.37. The summed E-state index contributed by atoms with van der Waals surface area (Å²) < 4.78 is 25.2. The van der Waals surface area contributed by atoms with Crippen LogP contribution in [0.1, 0.15) is 11.1 Å². The van der Waals surface area contributed by atoms with Crippen LogP contribution >= 0.6 is 0 Å². The van der Waals surface area contributed by atoms with Gasteiger partial charge in [-0.1, -0.05) is 60.7 Å². The van der Waals surface area contributed by atoms with E-state index in [9.17, 15) is 9.50 Å². The summed E-state index contributed by atoms with van der Waals surface area (Å²) in [5, 5.41) is 9.85. The fourth-order valence-corrected chi connectivity index (χ4v) is 3.05. The van der Waals surface area contributed by atoms with Gasteiger partial charge in [-0.3, -0.25) is 0 Å². The first kappa shape index (κ1) is 17.1. The molecule has 0 radical (unpaired) electrons. The molecule has 1 aliphatic rings. The summed E-state index contributed by atoms with van der Waals surface area (Å²) in [6.45, 7) is 1.57. The van der Waals surface area contributed by atoms with Gasteiger partial charge in [0.15, 0.2) is 0 Å². The third kappa shape index (κ3) is 4.20. The minimum absolute atomic E-state index is 0.209. The van der Waals surface area contributed by atoms with Gasteiger partial charge in [0, 0.05) is 11.8 Å². The largest absolute Gasteiger partial charge is 0.390 e. The first-order chi connectivity index (χ1) is 11.8. The number of hydrogen-bond acceptors (Lipinski definition) is 3. The highest BCUT2D eigenvalue weighted by Gasteiger charge is 2.50. The van der Waals surface area contributed by atoms with Crippen molar-refractivity contribution in [2.24, 2.45) is 11.8 Å². The van der Waals surface area contributed by atoms with Crippen molar-refractivity contribution >= 4 is 0 Å². The fraction of sp³-hybridized carbons (Fsp3) is 0.400. The summed E-state index contributed by atoms with van der Waals surface area (Å²) in [6, 6.07) is 19.6. The Morgan fingerprint density at radius 1 is 0.750 bits per heavy atom. The van der Waals surface area contributed by atoms with Crippen LogP contribution in [0.15, 0.2) is 60.7 Å². The van der Waals surface area contributed by atoms with Crippen LogP contribution in [0.25, 0.3) is 0 Å². The topological polar surface area (TPSA) is 38.7 Å². The summed E-state index contributed by atoms with van der Waals surface area (Å²) in [5.41, 5.74) is 2.13. The number of alkyl halides is 1. The minimum atomic E-state index is -1.23. The molecule has 1 saturated carbocycles. The summed E-state index contributed by atoms with van der Waals surface area (Å²) in [7, 11) is 0. The predicted molar refractivity (Wildman–Crippen MR) is 90.1 cm³/mol. The molecule has 128 valence electrons. The van der Waals surface area contributed by atoms with Gasteiger partial charge in [0.05, 0.1) is 32.5 Å². The van der Waals surface area contributed by atoms with Crippen LogP contribution in [-0.4, -0.2) is 30.6 Å². The smallest absolute Gasteiger partial charge is 0.132 e. The highest BCUT2D eigenvalue weighted by atomic mass is 19.1. The third-order valence-electron chi connectivity index (χ3n) is 4.57. The zero-order valence-corrected chi connectivity index (χ0v) is 13.6. The maximum atomic E-state index is 13.9. The molecular formula is C20H23FO3. The normalized spacial score (nSPS) is 26.1. The van der Waals surface area contributed by atoms with Gasteiger partial charge in [0.1, 0.15) is 6.17 Å². The standard InChI is InChI=1S/C20H23FO3/c21-19-17(13-23-11-15-7-3-1-4-8-15)18(20(19)22)14-24-12-16-9-5-2-6-10-16/h1-10,17-20,22H,11-14H2. The van der Waals surface area contributed by atoms with E-state index in [0.717, 1.165) is 11.1 Å². The Morgan fingerprint density at radius 2 is 1.21 bits per heavy atom. The lowest BCUT2D eigenvalue weighted by Crippen LogP contribution is -2.56. The lowest BCUT2D eigenvalue weighted by Gasteiger charge is -2.44. The Kier molecular flexibility index (Phi) is 5.96. The van der Waals surface area contributed by atoms with E-state index in [0.29, 0.717) is 26.4 Å². The molecule has 24 heavy (non-hydrogen) atoms. The molecule has 3 nitrogen and oxygen atoms in total. The minimum Gasteiger partial charge on any atom is -0.390 e. The van der Waals surface area contributed by atoms with Gasteiger partial charge in [-0.05, 0) is 11.1 Å². The van der Waals surface area contributed by atoms with E-state index in [2.05, 4.69) is 0 Å². The van der Waals surface area contributed by atoms with Crippen molar-refractivity contribution in [3.8, 4) is 0 Å². The van der Waals surface area contributed by atoms with Crippen molar-refractivity contribution in [3.63, 3.8) is 0 Å². The van der Waals surface area contributed by atoms with E-state index < -0.39 is 12.3 Å².